The van der Waals surface area contributed by atoms with Crippen molar-refractivity contribution in [1.82, 2.24) is 4.90 Å². The SMILES string of the molecule is CC1=[C](c2ccc(CN3CCCCC3)cc2)[Y]=[C]2[U]=[V][W]=[CH]C2=C1. The molecule has 1 aromatic carbocycles. The van der Waals surface area contributed by atoms with Gasteiger partial charge in [0, 0.05) is 0 Å². The maximum absolute atomic E-state index is 2.74. The van der Waals surface area contributed by atoms with Gasteiger partial charge in [0.2, 0.25) is 0 Å². The summed E-state index contributed by atoms with van der Waals surface area (Å²) in [6.07, 6.45) is 6.77. The van der Waals surface area contributed by atoms with E-state index in [2.05, 4.69) is 45.9 Å². The molecule has 3 aliphatic heterocycles. The number of fused-ring (bicyclic) bond motifs is 1. The number of rotatable bonds is 3. The predicted molar refractivity (Wildman–Crippen MR) is 87.3 cm³/mol. The Bertz CT molecular complexity index is 786. The van der Waals surface area contributed by atoms with Crippen LogP contribution in [0.25, 0.3) is 2.38 Å². The molecule has 0 unspecified atom stereocenters. The third kappa shape index (κ3) is 4.81. The van der Waals surface area contributed by atoms with Crippen LogP contribution in [0.1, 0.15) is 37.3 Å². The molecule has 0 saturated carbocycles. The molecule has 5 heteroatoms. The van der Waals surface area contributed by atoms with Crippen LogP contribution in [0.3, 0.4) is 0 Å². The van der Waals surface area contributed by atoms with Crippen molar-refractivity contribution in [1.29, 1.82) is 0 Å². The standard InChI is InChI=1S/C19H21N.U.V.W.Y/c1-16(2)13-17(3)14-18-7-9-19(10-8-18)15-20-11-5-4-6-12-20;;;;/h1,7-10,13H,4-6,11-12,15H2,3H3;;;;. The fourth-order valence-corrected chi connectivity index (χ4v) is 98.8. The molecule has 0 N–H and O–H groups in total. The molecular weight excluding hydrogens is 804 g/mol. The van der Waals surface area contributed by atoms with Gasteiger partial charge in [-0.15, -0.1) is 0 Å². The number of piperidine rings is 1. The van der Waals surface area contributed by atoms with Gasteiger partial charge < -0.3 is 0 Å². The van der Waals surface area contributed by atoms with Crippen molar-refractivity contribution in [3.63, 3.8) is 0 Å². The maximum atomic E-state index is 2.74. The summed E-state index contributed by atoms with van der Waals surface area (Å²) < 4.78 is 6.69. The Balaban J connectivity index is 1.54. The van der Waals surface area contributed by atoms with Gasteiger partial charge in [-0.25, -0.2) is 0 Å². The van der Waals surface area contributed by atoms with E-state index in [0.717, 1.165) is 14.4 Å². The van der Waals surface area contributed by atoms with E-state index in [4.69, 9.17) is 0 Å². The molecule has 120 valence electrons. The van der Waals surface area contributed by atoms with Gasteiger partial charge in [-0.2, -0.15) is 0 Å². The number of hydrogen-bond acceptors (Lipinski definition) is 1. The minimum atomic E-state index is -0.647. The topological polar surface area (TPSA) is 3.24 Å². The van der Waals surface area contributed by atoms with E-state index in [9.17, 15) is 0 Å². The second-order valence-electron chi connectivity index (χ2n) is 6.71. The molecular formula is C19H21NUVWY. The number of benzene rings is 1. The van der Waals surface area contributed by atoms with E-state index in [1.165, 1.54) is 37.9 Å². The van der Waals surface area contributed by atoms with Crippen molar-refractivity contribution in [2.24, 2.45) is 0 Å². The summed E-state index contributed by atoms with van der Waals surface area (Å²) in [6.45, 7) is 6.12. The van der Waals surface area contributed by atoms with Crippen LogP contribution < -0.4 is 0 Å². The summed E-state index contributed by atoms with van der Waals surface area (Å²) in [7, 11) is 0.949. The van der Waals surface area contributed by atoms with Crippen molar-refractivity contribution in [2.75, 3.05) is 13.1 Å². The molecule has 1 fully saturated rings. The Labute approximate surface area is 182 Å². The van der Waals surface area contributed by atoms with Crippen molar-refractivity contribution < 1.29 is 76.3 Å². The minimum absolute atomic E-state index is 0.0630. The first-order valence-electron chi connectivity index (χ1n) is 8.71. The number of likely N-dealkylation sites (tertiary alicyclic amines) is 1. The molecule has 3 aliphatic rings. The quantitative estimate of drug-likeness (QED) is 0.452. The molecule has 0 spiro atoms. The molecule has 0 bridgehead atoms. The first-order valence-corrected chi connectivity index (χ1v) is 29.7. The van der Waals surface area contributed by atoms with Gasteiger partial charge in [0.25, 0.3) is 0 Å². The molecule has 1 aromatic rings. The first kappa shape index (κ1) is 19.2. The fourth-order valence-electron chi connectivity index (χ4n) is 3.56. The van der Waals surface area contributed by atoms with Gasteiger partial charge in [-0.3, -0.25) is 0 Å². The Morgan fingerprint density at radius 3 is 2.75 bits per heavy atom. The summed E-state index contributed by atoms with van der Waals surface area (Å²) in [4.78, 5) is 2.63. The summed E-state index contributed by atoms with van der Waals surface area (Å²) in [5, 5.41) is 0. The van der Waals surface area contributed by atoms with Crippen LogP contribution in [-0.2, 0) is 58.8 Å². The van der Waals surface area contributed by atoms with Gasteiger partial charge in [0.1, 0.15) is 0 Å². The monoisotopic (exact) mass is 825 g/mol. The average Bonchev–Trinajstić information content (AvgIpc) is 2.63. The molecule has 0 aromatic heterocycles. The molecule has 24 heavy (non-hydrogen) atoms. The first-order chi connectivity index (χ1) is 11.8. The Hall–Kier alpha value is 1.83. The van der Waals surface area contributed by atoms with Crippen LogP contribution >= 0.6 is 0 Å². The third-order valence-corrected chi connectivity index (χ3v) is 64.1. The van der Waals surface area contributed by atoms with E-state index in [-0.39, 0.29) is 39.7 Å². The summed E-state index contributed by atoms with van der Waals surface area (Å²) in [5.74, 6) is 0. The fraction of sp³-hybridized carbons (Fsp3) is 0.368. The van der Waals surface area contributed by atoms with E-state index >= 15 is 0 Å². The van der Waals surface area contributed by atoms with Crippen molar-refractivity contribution >= 4 is 6.12 Å². The predicted octanol–water partition coefficient (Wildman–Crippen LogP) is 3.45. The molecule has 4 rings (SSSR count). The van der Waals surface area contributed by atoms with Crippen molar-refractivity contribution in [3.05, 3.63) is 52.6 Å². The zero-order valence-electron chi connectivity index (χ0n) is 14.1. The summed E-state index contributed by atoms with van der Waals surface area (Å²) in [5.41, 5.74) is 6.47. The van der Waals surface area contributed by atoms with Crippen LogP contribution in [-0.4, -0.2) is 21.7 Å². The summed E-state index contributed by atoms with van der Waals surface area (Å²) >= 11 is -0.972. The number of allylic oxidation sites excluding steroid dienone is 3. The molecule has 0 atom stereocenters. The van der Waals surface area contributed by atoms with Gasteiger partial charge in [0.05, 0.1) is 0 Å². The van der Waals surface area contributed by atoms with E-state index in [1.54, 1.807) is 16.7 Å². The number of nitrogens with zero attached hydrogens (tertiary/aromatic N) is 1. The van der Waals surface area contributed by atoms with Crippen LogP contribution in [0, 0.1) is 24.0 Å². The van der Waals surface area contributed by atoms with Gasteiger partial charge >= 0.3 is 186 Å². The Morgan fingerprint density at radius 1 is 1.17 bits per heavy atom. The van der Waals surface area contributed by atoms with E-state index in [0.29, 0.717) is 0 Å². The second-order valence-corrected chi connectivity index (χ2v) is 55.5. The second kappa shape index (κ2) is 9.35. The third-order valence-electron chi connectivity index (χ3n) is 4.91. The molecule has 1 nitrogen and oxygen atoms in total. The molecule has 3 heterocycles. The van der Waals surface area contributed by atoms with Crippen LogP contribution in [0.15, 0.2) is 41.5 Å². The van der Waals surface area contributed by atoms with Gasteiger partial charge in [0.15, 0.2) is 0 Å². The zero-order valence-corrected chi connectivity index (χ0v) is 25.4. The van der Waals surface area contributed by atoms with Crippen LogP contribution in [0.5, 0.6) is 0 Å². The Morgan fingerprint density at radius 2 is 1.96 bits per heavy atom. The van der Waals surface area contributed by atoms with E-state index in [1.807, 2.05) is 2.38 Å². The zero-order chi connectivity index (χ0) is 16.4. The average molecular weight is 825 g/mol. The van der Waals surface area contributed by atoms with Crippen LogP contribution in [0.4, 0.5) is 0 Å². The Kier molecular flexibility index (Phi) is 7.46. The van der Waals surface area contributed by atoms with Crippen molar-refractivity contribution in [2.45, 2.75) is 32.7 Å². The normalized spacial score (nSPS) is 20.0. The molecule has 1 saturated heterocycles. The van der Waals surface area contributed by atoms with Crippen molar-refractivity contribution in [3.8, 4) is 0 Å². The number of hydrogen-bond donors (Lipinski definition) is 0. The van der Waals surface area contributed by atoms with E-state index < -0.39 is 28.7 Å². The van der Waals surface area contributed by atoms with Gasteiger partial charge in [-0.05, 0) is 0 Å². The molecule has 0 radical (unpaired) electrons. The van der Waals surface area contributed by atoms with Gasteiger partial charge in [-0.1, -0.05) is 0 Å². The van der Waals surface area contributed by atoms with Crippen LogP contribution in [0.2, 0.25) is 0 Å². The molecule has 0 amide bonds. The summed E-state index contributed by atoms with van der Waals surface area (Å²) in [6, 6.07) is 9.70. The molecule has 0 aliphatic carbocycles.